The second-order valence-electron chi connectivity index (χ2n) is 21.5. The molecular formula is C68H64N2O4. The summed E-state index contributed by atoms with van der Waals surface area (Å²) >= 11 is 0. The molecule has 0 unspecified atom stereocenters. The standard InChI is InChI=1S/C68H64N2O4/c1-11-73-65(71)47-21-17-45(18-22-47)59-41-61(69(51-29-13-43(3)14-30-51)53-33-25-49(26-34-53)67(5,6)7)57-40-38-56-60(46-19-23-48(24-20-46)66(72)74-12-2)42-62(58-39-37-55(59)63(57)64(56)58)70(52-31-15-44(4)16-32-52)54-35-27-50(28-36-54)68(8,9)10/h13-42H,11-12H2,1-10H3. The highest BCUT2D eigenvalue weighted by molar-refractivity contribution is 6.32. The lowest BCUT2D eigenvalue weighted by molar-refractivity contribution is 0.0517. The van der Waals surface area contributed by atoms with E-state index in [0.29, 0.717) is 24.3 Å². The van der Waals surface area contributed by atoms with Crippen molar-refractivity contribution in [2.24, 2.45) is 0 Å². The Morgan fingerprint density at radius 1 is 0.392 bits per heavy atom. The summed E-state index contributed by atoms with van der Waals surface area (Å²) in [6.07, 6.45) is 0. The predicted molar refractivity (Wildman–Crippen MR) is 309 cm³/mol. The molecular weight excluding hydrogens is 909 g/mol. The van der Waals surface area contributed by atoms with Crippen molar-refractivity contribution in [3.63, 3.8) is 0 Å². The highest BCUT2D eigenvalue weighted by Gasteiger charge is 2.27. The van der Waals surface area contributed by atoms with Crippen molar-refractivity contribution >= 4 is 78.4 Å². The number of esters is 2. The number of aryl methyl sites for hydroxylation is 2. The largest absolute Gasteiger partial charge is 0.462 e. The lowest BCUT2D eigenvalue weighted by Crippen LogP contribution is -2.14. The summed E-state index contributed by atoms with van der Waals surface area (Å²) in [5.41, 5.74) is 16.0. The molecule has 6 heteroatoms. The Morgan fingerprint density at radius 2 is 0.689 bits per heavy atom. The Hall–Kier alpha value is -8.22. The fourth-order valence-electron chi connectivity index (χ4n) is 10.3. The molecule has 0 amide bonds. The molecule has 0 N–H and O–H groups in total. The van der Waals surface area contributed by atoms with Gasteiger partial charge in [0.2, 0.25) is 0 Å². The summed E-state index contributed by atoms with van der Waals surface area (Å²) in [4.78, 5) is 30.9. The summed E-state index contributed by atoms with van der Waals surface area (Å²) in [5, 5.41) is 6.56. The summed E-state index contributed by atoms with van der Waals surface area (Å²) in [7, 11) is 0. The number of rotatable bonds is 12. The zero-order valence-electron chi connectivity index (χ0n) is 44.3. The van der Waals surface area contributed by atoms with Gasteiger partial charge < -0.3 is 19.3 Å². The molecule has 0 bridgehead atoms. The van der Waals surface area contributed by atoms with Gasteiger partial charge in [0.15, 0.2) is 0 Å². The van der Waals surface area contributed by atoms with Crippen molar-refractivity contribution in [3.05, 3.63) is 215 Å². The molecule has 10 aromatic rings. The number of benzene rings is 10. The van der Waals surface area contributed by atoms with Gasteiger partial charge in [-0.2, -0.15) is 0 Å². The molecule has 0 atom stereocenters. The molecule has 0 aromatic heterocycles. The Kier molecular flexibility index (Phi) is 13.1. The third kappa shape index (κ3) is 9.37. The van der Waals surface area contributed by atoms with Crippen molar-refractivity contribution < 1.29 is 19.1 Å². The summed E-state index contributed by atoms with van der Waals surface area (Å²) in [6.45, 7) is 22.0. The Morgan fingerprint density at radius 3 is 0.986 bits per heavy atom. The van der Waals surface area contributed by atoms with Crippen molar-refractivity contribution in [2.45, 2.75) is 80.1 Å². The molecule has 0 aliphatic carbocycles. The van der Waals surface area contributed by atoms with Gasteiger partial charge in [-0.05, 0) is 168 Å². The minimum Gasteiger partial charge on any atom is -0.462 e. The van der Waals surface area contributed by atoms with Crippen LogP contribution in [0.2, 0.25) is 0 Å². The minimum absolute atomic E-state index is 0.0290. The van der Waals surface area contributed by atoms with Crippen LogP contribution in [0, 0.1) is 13.8 Å². The van der Waals surface area contributed by atoms with E-state index in [9.17, 15) is 9.59 Å². The van der Waals surface area contributed by atoms with E-state index in [-0.39, 0.29) is 22.8 Å². The van der Waals surface area contributed by atoms with E-state index < -0.39 is 0 Å². The van der Waals surface area contributed by atoms with Crippen molar-refractivity contribution in [2.75, 3.05) is 23.0 Å². The zero-order valence-corrected chi connectivity index (χ0v) is 44.3. The summed E-state index contributed by atoms with van der Waals surface area (Å²) in [6, 6.07) is 64.9. The van der Waals surface area contributed by atoms with Gasteiger partial charge in [-0.1, -0.05) is 150 Å². The second-order valence-corrected chi connectivity index (χ2v) is 21.5. The lowest BCUT2D eigenvalue weighted by Gasteiger charge is -2.31. The number of ether oxygens (including phenoxy) is 2. The molecule has 0 heterocycles. The number of hydrogen-bond acceptors (Lipinski definition) is 6. The van der Waals surface area contributed by atoms with Crippen LogP contribution in [-0.2, 0) is 20.3 Å². The molecule has 0 saturated heterocycles. The average molecular weight is 973 g/mol. The molecule has 0 saturated carbocycles. The van der Waals surface area contributed by atoms with E-state index in [2.05, 4.69) is 199 Å². The van der Waals surface area contributed by atoms with E-state index in [0.717, 1.165) is 88.7 Å². The summed E-state index contributed by atoms with van der Waals surface area (Å²) < 4.78 is 10.9. The number of anilines is 6. The molecule has 370 valence electrons. The van der Waals surface area contributed by atoms with E-state index in [1.54, 1.807) is 0 Å². The predicted octanol–water partition coefficient (Wildman–Crippen LogP) is 18.4. The smallest absolute Gasteiger partial charge is 0.338 e. The van der Waals surface area contributed by atoms with Crippen LogP contribution in [0.4, 0.5) is 34.1 Å². The quantitative estimate of drug-likeness (QED) is 0.0898. The number of carbonyl (C=O) groups is 2. The van der Waals surface area contributed by atoms with E-state index >= 15 is 0 Å². The SMILES string of the molecule is CCOC(=O)c1ccc(-c2cc(N(c3ccc(C)cc3)c3ccc(C(C)(C)C)cc3)c3ccc4c(-c5ccc(C(=O)OCC)cc5)cc(N(c5ccc(C)cc5)c5ccc(C(C)(C)C)cc5)c5ccc2c3c45)cc1. The fraction of sp³-hybridized carbons (Fsp3) is 0.206. The molecule has 0 aliphatic heterocycles. The van der Waals surface area contributed by atoms with Crippen LogP contribution in [0.15, 0.2) is 182 Å². The van der Waals surface area contributed by atoms with Crippen LogP contribution in [-0.4, -0.2) is 25.2 Å². The maximum atomic E-state index is 13.0. The second kappa shape index (κ2) is 19.7. The number of nitrogens with zero attached hydrogens (tertiary/aromatic N) is 2. The summed E-state index contributed by atoms with van der Waals surface area (Å²) in [5.74, 6) is -0.693. The maximum absolute atomic E-state index is 13.0. The molecule has 10 rings (SSSR count). The molecule has 0 fully saturated rings. The Labute approximate surface area is 436 Å². The fourth-order valence-corrected chi connectivity index (χ4v) is 10.3. The first-order chi connectivity index (χ1) is 35.5. The average Bonchev–Trinajstić information content (AvgIpc) is 3.42. The normalized spacial score (nSPS) is 11.9. The van der Waals surface area contributed by atoms with E-state index in [4.69, 9.17) is 9.47 Å². The molecule has 74 heavy (non-hydrogen) atoms. The van der Waals surface area contributed by atoms with Gasteiger partial charge >= 0.3 is 11.9 Å². The number of carbonyl (C=O) groups excluding carboxylic acids is 2. The Bertz CT molecular complexity index is 3410. The monoisotopic (exact) mass is 972 g/mol. The van der Waals surface area contributed by atoms with Crippen LogP contribution in [0.3, 0.4) is 0 Å². The highest BCUT2D eigenvalue weighted by atomic mass is 16.5. The molecule has 10 aromatic carbocycles. The Balaban J connectivity index is 1.34. The first-order valence-corrected chi connectivity index (χ1v) is 25.8. The molecule has 0 aliphatic rings. The number of hydrogen-bond donors (Lipinski definition) is 0. The van der Waals surface area contributed by atoms with Crippen molar-refractivity contribution in [3.8, 4) is 22.3 Å². The van der Waals surface area contributed by atoms with Gasteiger partial charge in [0.25, 0.3) is 0 Å². The van der Waals surface area contributed by atoms with E-state index in [1.807, 2.05) is 62.4 Å². The van der Waals surface area contributed by atoms with Crippen LogP contribution in [0.25, 0.3) is 54.6 Å². The molecule has 0 spiro atoms. The van der Waals surface area contributed by atoms with Gasteiger partial charge in [0.05, 0.1) is 35.7 Å². The molecule has 6 nitrogen and oxygen atoms in total. The van der Waals surface area contributed by atoms with Gasteiger partial charge in [0, 0.05) is 44.3 Å². The van der Waals surface area contributed by atoms with Crippen molar-refractivity contribution in [1.82, 2.24) is 0 Å². The minimum atomic E-state index is -0.346. The van der Waals surface area contributed by atoms with Gasteiger partial charge in [-0.15, -0.1) is 0 Å². The van der Waals surface area contributed by atoms with Gasteiger partial charge in [-0.3, -0.25) is 0 Å². The zero-order chi connectivity index (χ0) is 52.1. The maximum Gasteiger partial charge on any atom is 0.338 e. The van der Waals surface area contributed by atoms with Crippen LogP contribution in [0.1, 0.15) is 98.4 Å². The highest BCUT2D eigenvalue weighted by Crippen LogP contribution is 2.52. The van der Waals surface area contributed by atoms with E-state index in [1.165, 1.54) is 22.3 Å². The first-order valence-electron chi connectivity index (χ1n) is 25.8. The third-order valence-corrected chi connectivity index (χ3v) is 14.3. The topological polar surface area (TPSA) is 59.1 Å². The van der Waals surface area contributed by atoms with Crippen molar-refractivity contribution in [1.29, 1.82) is 0 Å². The lowest BCUT2D eigenvalue weighted by atomic mass is 9.84. The van der Waals surface area contributed by atoms with Crippen LogP contribution < -0.4 is 9.80 Å². The van der Waals surface area contributed by atoms with Gasteiger partial charge in [0.1, 0.15) is 0 Å². The first kappa shape index (κ1) is 49.4. The third-order valence-electron chi connectivity index (χ3n) is 14.3. The van der Waals surface area contributed by atoms with Crippen LogP contribution >= 0.6 is 0 Å². The molecule has 0 radical (unpaired) electrons. The van der Waals surface area contributed by atoms with Crippen LogP contribution in [0.5, 0.6) is 0 Å². The van der Waals surface area contributed by atoms with Gasteiger partial charge in [-0.25, -0.2) is 9.59 Å².